The molecule has 1 saturated heterocycles. The molecule has 0 N–H and O–H groups in total. The fourth-order valence-electron chi connectivity index (χ4n) is 8.11. The lowest BCUT2D eigenvalue weighted by molar-refractivity contribution is -0.137. The van der Waals surface area contributed by atoms with Gasteiger partial charge in [0.1, 0.15) is 0 Å². The van der Waals surface area contributed by atoms with Crippen molar-refractivity contribution >= 4 is 11.9 Å². The van der Waals surface area contributed by atoms with Crippen LogP contribution in [0.15, 0.2) is 12.1 Å². The minimum atomic E-state index is -0.688. The second-order valence-corrected chi connectivity index (χ2v) is 13.7. The van der Waals surface area contributed by atoms with Gasteiger partial charge in [0, 0.05) is 24.6 Å². The van der Waals surface area contributed by atoms with Crippen LogP contribution in [0.25, 0.3) is 0 Å². The van der Waals surface area contributed by atoms with Crippen LogP contribution in [0.3, 0.4) is 0 Å². The minimum Gasteiger partial charge on any atom is -0.477 e. The summed E-state index contributed by atoms with van der Waals surface area (Å²) >= 11 is 0. The number of benzene rings is 1. The van der Waals surface area contributed by atoms with Crippen LogP contribution in [0.1, 0.15) is 129 Å². The molecule has 1 aromatic carbocycles. The van der Waals surface area contributed by atoms with Crippen molar-refractivity contribution in [3.05, 3.63) is 23.3 Å². The first-order chi connectivity index (χ1) is 19.8. The van der Waals surface area contributed by atoms with Gasteiger partial charge in [-0.2, -0.15) is 0 Å². The molecule has 3 atom stereocenters. The summed E-state index contributed by atoms with van der Waals surface area (Å²) in [5, 5.41) is 0. The lowest BCUT2D eigenvalue weighted by Crippen LogP contribution is -2.68. The molecule has 3 unspecified atom stereocenters. The summed E-state index contributed by atoms with van der Waals surface area (Å²) in [5.41, 5.74) is 1.79. The highest BCUT2D eigenvalue weighted by atomic mass is 16.7. The van der Waals surface area contributed by atoms with Gasteiger partial charge < -0.3 is 14.2 Å². The van der Waals surface area contributed by atoms with Gasteiger partial charge in [0.05, 0.1) is 12.0 Å². The third kappa shape index (κ3) is 6.05. The maximum Gasteiger partial charge on any atom is 0.513 e. The van der Waals surface area contributed by atoms with Crippen LogP contribution < -0.4 is 9.47 Å². The second-order valence-electron chi connectivity index (χ2n) is 13.7. The average molecular weight is 568 g/mol. The lowest BCUT2D eigenvalue weighted by Gasteiger charge is -2.61. The number of likely N-dealkylation sites (tertiary alicyclic amines) is 1. The molecule has 1 aromatic rings. The molecule has 2 bridgehead atoms. The van der Waals surface area contributed by atoms with Gasteiger partial charge in [-0.05, 0) is 61.6 Å². The molecule has 6 heteroatoms. The van der Waals surface area contributed by atoms with Gasteiger partial charge >= 0.3 is 6.16 Å². The molecule has 4 aliphatic rings. The Morgan fingerprint density at radius 1 is 0.976 bits per heavy atom. The predicted molar refractivity (Wildman–Crippen MR) is 162 cm³/mol. The Labute approximate surface area is 247 Å². The molecule has 1 saturated carbocycles. The number of Topliss-reactive ketones (excluding diaryl/α,β-unsaturated/α-hetero) is 1. The van der Waals surface area contributed by atoms with Crippen LogP contribution in [0, 0.1) is 11.3 Å². The fraction of sp³-hybridized carbons (Fsp3) is 0.771. The molecular weight excluding hydrogens is 514 g/mol. The van der Waals surface area contributed by atoms with Crippen molar-refractivity contribution in [3.63, 3.8) is 0 Å². The molecule has 0 radical (unpaired) electrons. The molecule has 2 aliphatic carbocycles. The Hall–Kier alpha value is -2.08. The Bertz CT molecular complexity index is 1080. The van der Waals surface area contributed by atoms with E-state index < -0.39 is 17.7 Å². The number of carbonyl (C=O) groups excluding carboxylic acids is 2. The van der Waals surface area contributed by atoms with E-state index in [1.54, 1.807) is 0 Å². The van der Waals surface area contributed by atoms with E-state index in [2.05, 4.69) is 31.7 Å². The summed E-state index contributed by atoms with van der Waals surface area (Å²) in [6, 6.07) is 4.31. The van der Waals surface area contributed by atoms with Crippen molar-refractivity contribution in [2.45, 2.75) is 142 Å². The normalized spacial score (nSPS) is 25.9. The van der Waals surface area contributed by atoms with Crippen molar-refractivity contribution in [2.75, 3.05) is 19.7 Å². The lowest BCUT2D eigenvalue weighted by atomic mass is 9.48. The molecule has 228 valence electrons. The molecule has 1 spiro atoms. The molecule has 41 heavy (non-hydrogen) atoms. The summed E-state index contributed by atoms with van der Waals surface area (Å²) in [6.07, 6.45) is 16.0. The van der Waals surface area contributed by atoms with Crippen LogP contribution in [-0.2, 0) is 21.4 Å². The number of fused-ring (bicyclic) bond motifs is 1. The number of piperidine rings is 1. The highest BCUT2D eigenvalue weighted by molar-refractivity contribution is 5.88. The first-order valence-electron chi connectivity index (χ1n) is 16.8. The third-order valence-corrected chi connectivity index (χ3v) is 10.7. The van der Waals surface area contributed by atoms with Crippen molar-refractivity contribution in [1.29, 1.82) is 0 Å². The third-order valence-electron chi connectivity index (χ3n) is 10.7. The van der Waals surface area contributed by atoms with Crippen molar-refractivity contribution in [2.24, 2.45) is 11.3 Å². The number of hydrogen-bond acceptors (Lipinski definition) is 6. The molecule has 6 nitrogen and oxygen atoms in total. The van der Waals surface area contributed by atoms with E-state index >= 15 is 0 Å². The van der Waals surface area contributed by atoms with Crippen LogP contribution in [0.4, 0.5) is 4.79 Å². The Morgan fingerprint density at radius 3 is 2.32 bits per heavy atom. The minimum absolute atomic E-state index is 0.131. The molecular formula is C35H53NO5. The number of ketones is 1. The van der Waals surface area contributed by atoms with Gasteiger partial charge in [-0.15, -0.1) is 0 Å². The number of nitrogens with zero attached hydrogens (tertiary/aromatic N) is 1. The van der Waals surface area contributed by atoms with Crippen LogP contribution in [-0.4, -0.2) is 48.7 Å². The molecule has 5 rings (SSSR count). The molecule has 2 heterocycles. The fourth-order valence-corrected chi connectivity index (χ4v) is 8.11. The summed E-state index contributed by atoms with van der Waals surface area (Å²) in [7, 11) is 0. The van der Waals surface area contributed by atoms with E-state index in [1.807, 2.05) is 13.0 Å². The molecule has 0 aromatic heterocycles. The SMILES string of the molecule is CCCCCCCCCCCCOC(=O)Oc1ccc2c3c1OC(C(=O)CC)C31CCN(CC3CC3)C(C2)C1(C)C. The number of hydrogen-bond donors (Lipinski definition) is 0. The van der Waals surface area contributed by atoms with E-state index in [0.717, 1.165) is 50.3 Å². The monoisotopic (exact) mass is 567 g/mol. The zero-order chi connectivity index (χ0) is 29.0. The zero-order valence-corrected chi connectivity index (χ0v) is 26.1. The Balaban J connectivity index is 1.21. The topological polar surface area (TPSA) is 65.1 Å². The highest BCUT2D eigenvalue weighted by Gasteiger charge is 2.68. The van der Waals surface area contributed by atoms with Crippen molar-refractivity contribution in [1.82, 2.24) is 4.90 Å². The first kappa shape index (κ1) is 30.4. The van der Waals surface area contributed by atoms with Crippen LogP contribution >= 0.6 is 0 Å². The quantitative estimate of drug-likeness (QED) is 0.114. The van der Waals surface area contributed by atoms with Gasteiger partial charge in [0.2, 0.25) is 0 Å². The van der Waals surface area contributed by atoms with Gasteiger partial charge in [0.25, 0.3) is 0 Å². The van der Waals surface area contributed by atoms with Gasteiger partial charge in [0.15, 0.2) is 23.4 Å². The van der Waals surface area contributed by atoms with E-state index in [-0.39, 0.29) is 11.2 Å². The smallest absolute Gasteiger partial charge is 0.477 e. The zero-order valence-electron chi connectivity index (χ0n) is 26.1. The first-order valence-corrected chi connectivity index (χ1v) is 16.8. The van der Waals surface area contributed by atoms with E-state index in [4.69, 9.17) is 14.2 Å². The summed E-state index contributed by atoms with van der Waals surface area (Å²) in [5.74, 6) is 1.93. The summed E-state index contributed by atoms with van der Waals surface area (Å²) in [6.45, 7) is 11.3. The second kappa shape index (κ2) is 13.1. The summed E-state index contributed by atoms with van der Waals surface area (Å²) < 4.78 is 17.8. The highest BCUT2D eigenvalue weighted by Crippen LogP contribution is 2.65. The maximum absolute atomic E-state index is 13.4. The molecule has 2 fully saturated rings. The number of unbranched alkanes of at least 4 members (excludes halogenated alkanes) is 9. The Morgan fingerprint density at radius 2 is 1.66 bits per heavy atom. The largest absolute Gasteiger partial charge is 0.513 e. The standard InChI is InChI=1S/C35H53NO5/c1-5-7-8-9-10-11-12-13-14-15-22-39-33(38)40-28-19-18-26-23-29-34(3,4)35(20-21-36(29)24-25-16-17-25)30(26)31(28)41-32(35)27(37)6-2/h18-19,25,29,32H,5-17,20-24H2,1-4H3. The van der Waals surface area contributed by atoms with Crippen molar-refractivity contribution in [3.8, 4) is 11.5 Å². The van der Waals surface area contributed by atoms with E-state index in [1.165, 1.54) is 69.8 Å². The van der Waals surface area contributed by atoms with E-state index in [9.17, 15) is 9.59 Å². The van der Waals surface area contributed by atoms with Crippen molar-refractivity contribution < 1.29 is 23.8 Å². The van der Waals surface area contributed by atoms with Gasteiger partial charge in [-0.25, -0.2) is 4.79 Å². The number of rotatable bonds is 16. The number of ether oxygens (including phenoxy) is 3. The van der Waals surface area contributed by atoms with Crippen LogP contribution in [0.2, 0.25) is 0 Å². The predicted octanol–water partition coefficient (Wildman–Crippen LogP) is 8.17. The maximum atomic E-state index is 13.4. The summed E-state index contributed by atoms with van der Waals surface area (Å²) in [4.78, 5) is 28.8. The molecule has 2 aliphatic heterocycles. The average Bonchev–Trinajstić information content (AvgIpc) is 3.69. The van der Waals surface area contributed by atoms with Gasteiger partial charge in [-0.1, -0.05) is 91.5 Å². The van der Waals surface area contributed by atoms with E-state index in [0.29, 0.717) is 30.6 Å². The Kier molecular flexibility index (Phi) is 9.67. The number of carbonyl (C=O) groups is 2. The van der Waals surface area contributed by atoms with Gasteiger partial charge in [-0.3, -0.25) is 9.69 Å². The van der Waals surface area contributed by atoms with Crippen LogP contribution in [0.5, 0.6) is 11.5 Å². The molecule has 0 amide bonds.